The second kappa shape index (κ2) is 4.03. The first kappa shape index (κ1) is 11.1. The van der Waals surface area contributed by atoms with Gasteiger partial charge in [-0.1, -0.05) is 20.8 Å². The summed E-state index contributed by atoms with van der Waals surface area (Å²) in [6.07, 6.45) is 4.59. The maximum absolute atomic E-state index is 11.7. The van der Waals surface area contributed by atoms with Gasteiger partial charge in [-0.3, -0.25) is 4.79 Å². The van der Waals surface area contributed by atoms with Crippen molar-refractivity contribution in [2.75, 3.05) is 0 Å². The predicted molar refractivity (Wildman–Crippen MR) is 55.7 cm³/mol. The first-order chi connectivity index (χ1) is 6.39. The number of nitrogens with one attached hydrogen (secondary N) is 1. The van der Waals surface area contributed by atoms with Crippen molar-refractivity contribution in [1.82, 2.24) is 5.32 Å². The zero-order chi connectivity index (χ0) is 10.8. The highest BCUT2D eigenvalue weighted by Crippen LogP contribution is 2.16. The molecule has 1 amide bonds. The third-order valence-corrected chi connectivity index (χ3v) is 2.21. The van der Waals surface area contributed by atoms with E-state index < -0.39 is 0 Å². The molecular weight excluding hydrogens is 178 g/mol. The van der Waals surface area contributed by atoms with Gasteiger partial charge in [-0.25, -0.2) is 0 Å². The minimum absolute atomic E-state index is 0.0845. The normalized spacial score (nSPS) is 26.9. The number of rotatable bonds is 1. The Hall–Kier alpha value is -0.990. The fourth-order valence-electron chi connectivity index (χ4n) is 1.26. The zero-order valence-electron chi connectivity index (χ0n) is 9.33. The molecule has 0 fully saturated rings. The molecule has 0 spiro atoms. The van der Waals surface area contributed by atoms with Crippen molar-refractivity contribution >= 4 is 5.91 Å². The summed E-state index contributed by atoms with van der Waals surface area (Å²) in [6, 6.07) is 0.116. The molecule has 1 rings (SSSR count). The van der Waals surface area contributed by atoms with E-state index in [2.05, 4.69) is 5.32 Å². The minimum atomic E-state index is -0.324. The molecule has 0 saturated heterocycles. The zero-order valence-corrected chi connectivity index (χ0v) is 9.33. The van der Waals surface area contributed by atoms with Gasteiger partial charge in [0.1, 0.15) is 0 Å². The summed E-state index contributed by atoms with van der Waals surface area (Å²) in [5.74, 6) is 0.0845. The molecule has 0 aromatic heterocycles. The van der Waals surface area contributed by atoms with E-state index in [9.17, 15) is 4.79 Å². The Labute approximate surface area is 85.5 Å². The van der Waals surface area contributed by atoms with Crippen LogP contribution < -0.4 is 5.32 Å². The molecule has 0 bridgehead atoms. The lowest BCUT2D eigenvalue weighted by atomic mass is 9.94. The lowest BCUT2D eigenvalue weighted by molar-refractivity contribution is -0.129. The van der Waals surface area contributed by atoms with Crippen LogP contribution in [0.15, 0.2) is 12.3 Å². The molecule has 2 atom stereocenters. The molecule has 0 aliphatic carbocycles. The standard InChI is InChI=1S/C11H19NO2/c1-8-7-9(5-6-14-8)12-10(13)11(2,3)4/h5-6,8-9H,7H2,1-4H3,(H,12,13)/t8-,9+/m1/s1. The van der Waals surface area contributed by atoms with Gasteiger partial charge >= 0.3 is 0 Å². The molecule has 1 aliphatic heterocycles. The van der Waals surface area contributed by atoms with Crippen molar-refractivity contribution in [2.45, 2.75) is 46.3 Å². The van der Waals surface area contributed by atoms with Crippen LogP contribution in [-0.4, -0.2) is 18.1 Å². The molecule has 80 valence electrons. The van der Waals surface area contributed by atoms with E-state index in [-0.39, 0.29) is 23.5 Å². The predicted octanol–water partition coefficient (Wildman–Crippen LogP) is 1.84. The summed E-state index contributed by atoms with van der Waals surface area (Å²) in [4.78, 5) is 11.7. The highest BCUT2D eigenvalue weighted by molar-refractivity contribution is 5.81. The van der Waals surface area contributed by atoms with E-state index in [1.807, 2.05) is 33.8 Å². The third-order valence-electron chi connectivity index (χ3n) is 2.21. The van der Waals surface area contributed by atoms with Crippen molar-refractivity contribution in [2.24, 2.45) is 5.41 Å². The van der Waals surface area contributed by atoms with Gasteiger partial charge in [0.05, 0.1) is 18.4 Å². The molecule has 14 heavy (non-hydrogen) atoms. The van der Waals surface area contributed by atoms with E-state index >= 15 is 0 Å². The average Bonchev–Trinajstić information content (AvgIpc) is 2.02. The average molecular weight is 197 g/mol. The third kappa shape index (κ3) is 3.05. The van der Waals surface area contributed by atoms with Crippen molar-refractivity contribution < 1.29 is 9.53 Å². The van der Waals surface area contributed by atoms with Gasteiger partial charge in [-0.2, -0.15) is 0 Å². The molecule has 3 nitrogen and oxygen atoms in total. The number of carbonyl (C=O) groups excluding carboxylic acids is 1. The topological polar surface area (TPSA) is 38.3 Å². The SMILES string of the molecule is C[C@@H]1C[C@@H](NC(=O)C(C)(C)C)C=CO1. The van der Waals surface area contributed by atoms with Gasteiger partial charge in [0.15, 0.2) is 0 Å². The molecule has 3 heteroatoms. The number of ether oxygens (including phenoxy) is 1. The molecule has 1 aliphatic rings. The Bertz CT molecular complexity index is 240. The van der Waals surface area contributed by atoms with Crippen molar-refractivity contribution in [3.05, 3.63) is 12.3 Å². The highest BCUT2D eigenvalue weighted by Gasteiger charge is 2.25. The van der Waals surface area contributed by atoms with Crippen LogP contribution in [0.4, 0.5) is 0 Å². The molecule has 0 unspecified atom stereocenters. The summed E-state index contributed by atoms with van der Waals surface area (Å²) in [7, 11) is 0. The fraction of sp³-hybridized carbons (Fsp3) is 0.727. The monoisotopic (exact) mass is 197 g/mol. The van der Waals surface area contributed by atoms with Crippen molar-refractivity contribution in [1.29, 1.82) is 0 Å². The van der Waals surface area contributed by atoms with Crippen LogP contribution in [0.5, 0.6) is 0 Å². The summed E-state index contributed by atoms with van der Waals surface area (Å²) in [5, 5.41) is 2.98. The maximum atomic E-state index is 11.7. The van der Waals surface area contributed by atoms with Crippen LogP contribution in [0.3, 0.4) is 0 Å². The Morgan fingerprint density at radius 1 is 1.50 bits per heavy atom. The van der Waals surface area contributed by atoms with Gasteiger partial charge in [0, 0.05) is 11.8 Å². The Morgan fingerprint density at radius 2 is 2.14 bits per heavy atom. The lowest BCUT2D eigenvalue weighted by Crippen LogP contribution is -2.43. The number of amides is 1. The van der Waals surface area contributed by atoms with Gasteiger partial charge < -0.3 is 10.1 Å². The Morgan fingerprint density at radius 3 is 2.64 bits per heavy atom. The van der Waals surface area contributed by atoms with E-state index in [4.69, 9.17) is 4.74 Å². The van der Waals surface area contributed by atoms with E-state index in [0.29, 0.717) is 0 Å². The largest absolute Gasteiger partial charge is 0.498 e. The Balaban J connectivity index is 2.49. The van der Waals surface area contributed by atoms with Gasteiger partial charge in [0.25, 0.3) is 0 Å². The summed E-state index contributed by atoms with van der Waals surface area (Å²) in [6.45, 7) is 7.73. The minimum Gasteiger partial charge on any atom is -0.498 e. The van der Waals surface area contributed by atoms with Crippen LogP contribution >= 0.6 is 0 Å². The first-order valence-electron chi connectivity index (χ1n) is 5.02. The van der Waals surface area contributed by atoms with Crippen LogP contribution in [0.1, 0.15) is 34.1 Å². The Kier molecular flexibility index (Phi) is 3.19. The molecular formula is C11H19NO2. The van der Waals surface area contributed by atoms with Crippen molar-refractivity contribution in [3.8, 4) is 0 Å². The lowest BCUT2D eigenvalue weighted by Gasteiger charge is -2.26. The molecule has 1 N–H and O–H groups in total. The number of carbonyl (C=O) groups is 1. The number of hydrogen-bond donors (Lipinski definition) is 1. The maximum Gasteiger partial charge on any atom is 0.225 e. The fourth-order valence-corrected chi connectivity index (χ4v) is 1.26. The van der Waals surface area contributed by atoms with Gasteiger partial charge in [-0.05, 0) is 13.0 Å². The van der Waals surface area contributed by atoms with E-state index in [1.54, 1.807) is 6.26 Å². The quantitative estimate of drug-likeness (QED) is 0.696. The summed E-state index contributed by atoms with van der Waals surface area (Å²) in [5.41, 5.74) is -0.324. The number of hydrogen-bond acceptors (Lipinski definition) is 2. The summed E-state index contributed by atoms with van der Waals surface area (Å²) < 4.78 is 5.24. The van der Waals surface area contributed by atoms with E-state index in [0.717, 1.165) is 6.42 Å². The van der Waals surface area contributed by atoms with Gasteiger partial charge in [0.2, 0.25) is 5.91 Å². The van der Waals surface area contributed by atoms with Crippen molar-refractivity contribution in [3.63, 3.8) is 0 Å². The summed E-state index contributed by atoms with van der Waals surface area (Å²) >= 11 is 0. The van der Waals surface area contributed by atoms with Crippen LogP contribution in [0.2, 0.25) is 0 Å². The molecule has 0 radical (unpaired) electrons. The molecule has 1 heterocycles. The first-order valence-corrected chi connectivity index (χ1v) is 5.02. The van der Waals surface area contributed by atoms with Gasteiger partial charge in [-0.15, -0.1) is 0 Å². The second-order valence-electron chi connectivity index (χ2n) is 4.84. The highest BCUT2D eigenvalue weighted by atomic mass is 16.5. The molecule has 0 aromatic rings. The van der Waals surface area contributed by atoms with Crippen LogP contribution in [0.25, 0.3) is 0 Å². The van der Waals surface area contributed by atoms with Crippen LogP contribution in [-0.2, 0) is 9.53 Å². The smallest absolute Gasteiger partial charge is 0.225 e. The van der Waals surface area contributed by atoms with Crippen LogP contribution in [0, 0.1) is 5.41 Å². The molecule has 0 saturated carbocycles. The van der Waals surface area contributed by atoms with E-state index in [1.165, 1.54) is 0 Å². The molecule has 0 aromatic carbocycles. The second-order valence-corrected chi connectivity index (χ2v) is 4.84.